The Balaban J connectivity index is 1.62. The third-order valence-electron chi connectivity index (χ3n) is 5.53. The van der Waals surface area contributed by atoms with Crippen LogP contribution in [-0.4, -0.2) is 6.04 Å². The van der Waals surface area contributed by atoms with Gasteiger partial charge in [0.15, 0.2) is 0 Å². The maximum Gasteiger partial charge on any atom is 0.0208 e. The lowest BCUT2D eigenvalue weighted by atomic mass is 10.0. The van der Waals surface area contributed by atoms with Gasteiger partial charge in [-0.3, -0.25) is 0 Å². The van der Waals surface area contributed by atoms with Crippen LogP contribution in [0, 0.1) is 10.8 Å². The van der Waals surface area contributed by atoms with E-state index in [2.05, 4.69) is 57.3 Å². The molecule has 2 aliphatic rings. The minimum Gasteiger partial charge on any atom is -0.309 e. The van der Waals surface area contributed by atoms with Crippen molar-refractivity contribution in [3.63, 3.8) is 0 Å². The normalized spacial score (nSPS) is 25.1. The van der Waals surface area contributed by atoms with Gasteiger partial charge in [0.25, 0.3) is 0 Å². The standard InChI is InChI=1S/C17H25N/c1-16(2)15(17(16,3)4)18-11-12-6-5-7-14(10-12)13-8-9-13/h5-7,10,13,15,18H,8-9,11H2,1-4H3. The fourth-order valence-corrected chi connectivity index (χ4v) is 3.30. The van der Waals surface area contributed by atoms with Gasteiger partial charge in [-0.25, -0.2) is 0 Å². The number of hydrogen-bond donors (Lipinski definition) is 1. The van der Waals surface area contributed by atoms with Crippen LogP contribution in [0.1, 0.15) is 57.6 Å². The van der Waals surface area contributed by atoms with Crippen LogP contribution in [0.4, 0.5) is 0 Å². The van der Waals surface area contributed by atoms with Gasteiger partial charge >= 0.3 is 0 Å². The summed E-state index contributed by atoms with van der Waals surface area (Å²) >= 11 is 0. The van der Waals surface area contributed by atoms with E-state index in [1.807, 2.05) is 0 Å². The van der Waals surface area contributed by atoms with E-state index in [4.69, 9.17) is 0 Å². The lowest BCUT2D eigenvalue weighted by molar-refractivity contribution is 0.457. The molecule has 0 heterocycles. The van der Waals surface area contributed by atoms with Gasteiger partial charge in [-0.1, -0.05) is 52.0 Å². The van der Waals surface area contributed by atoms with Crippen LogP contribution in [0.2, 0.25) is 0 Å². The molecule has 0 radical (unpaired) electrons. The third kappa shape index (κ3) is 1.89. The average molecular weight is 243 g/mol. The quantitative estimate of drug-likeness (QED) is 0.840. The smallest absolute Gasteiger partial charge is 0.0208 e. The van der Waals surface area contributed by atoms with Crippen LogP contribution in [0.25, 0.3) is 0 Å². The molecule has 1 aromatic rings. The fourth-order valence-electron chi connectivity index (χ4n) is 3.30. The van der Waals surface area contributed by atoms with Gasteiger partial charge in [-0.2, -0.15) is 0 Å². The molecule has 18 heavy (non-hydrogen) atoms. The van der Waals surface area contributed by atoms with Crippen molar-refractivity contribution in [2.45, 2.75) is 59.0 Å². The van der Waals surface area contributed by atoms with E-state index in [1.54, 1.807) is 5.56 Å². The van der Waals surface area contributed by atoms with Crippen molar-refractivity contribution in [3.05, 3.63) is 35.4 Å². The molecule has 1 N–H and O–H groups in total. The summed E-state index contributed by atoms with van der Waals surface area (Å²) in [6, 6.07) is 9.79. The Labute approximate surface area is 111 Å². The van der Waals surface area contributed by atoms with Gasteiger partial charge in [0.2, 0.25) is 0 Å². The molecule has 0 amide bonds. The molecule has 0 aliphatic heterocycles. The first-order valence-electron chi connectivity index (χ1n) is 7.25. The average Bonchev–Trinajstić information content (AvgIpc) is 3.18. The number of hydrogen-bond acceptors (Lipinski definition) is 1. The SMILES string of the molecule is CC1(C)C(NCc2cccc(C3CC3)c2)C1(C)C. The van der Waals surface area contributed by atoms with E-state index in [9.17, 15) is 0 Å². The molecule has 0 aromatic heterocycles. The molecule has 0 atom stereocenters. The Kier molecular flexibility index (Phi) is 2.60. The molecule has 1 heteroatoms. The molecule has 0 unspecified atom stereocenters. The van der Waals surface area contributed by atoms with E-state index in [0.29, 0.717) is 16.9 Å². The lowest BCUT2D eigenvalue weighted by Gasteiger charge is -2.08. The van der Waals surface area contributed by atoms with Crippen LogP contribution < -0.4 is 5.32 Å². The summed E-state index contributed by atoms with van der Waals surface area (Å²) in [6.45, 7) is 10.5. The van der Waals surface area contributed by atoms with Gasteiger partial charge in [0.05, 0.1) is 0 Å². The summed E-state index contributed by atoms with van der Waals surface area (Å²) in [7, 11) is 0. The molecule has 0 bridgehead atoms. The first-order chi connectivity index (χ1) is 8.43. The Morgan fingerprint density at radius 2 is 1.78 bits per heavy atom. The zero-order valence-corrected chi connectivity index (χ0v) is 12.1. The Morgan fingerprint density at radius 1 is 1.11 bits per heavy atom. The van der Waals surface area contributed by atoms with Crippen molar-refractivity contribution in [2.75, 3.05) is 0 Å². The molecule has 98 valence electrons. The van der Waals surface area contributed by atoms with Gasteiger partial charge in [0, 0.05) is 12.6 Å². The molecule has 0 spiro atoms. The molecular formula is C17H25N. The van der Waals surface area contributed by atoms with E-state index in [-0.39, 0.29) is 0 Å². The highest BCUT2D eigenvalue weighted by Crippen LogP contribution is 2.62. The summed E-state index contributed by atoms with van der Waals surface area (Å²) in [6.07, 6.45) is 2.78. The van der Waals surface area contributed by atoms with Gasteiger partial charge in [0.1, 0.15) is 0 Å². The topological polar surface area (TPSA) is 12.0 Å². The van der Waals surface area contributed by atoms with E-state index < -0.39 is 0 Å². The van der Waals surface area contributed by atoms with Crippen LogP contribution >= 0.6 is 0 Å². The molecule has 0 saturated heterocycles. The number of rotatable bonds is 4. The summed E-state index contributed by atoms with van der Waals surface area (Å²) in [4.78, 5) is 0. The number of benzene rings is 1. The molecule has 2 fully saturated rings. The Bertz CT molecular complexity index is 440. The molecular weight excluding hydrogens is 218 g/mol. The highest BCUT2D eigenvalue weighted by Gasteiger charge is 2.64. The lowest BCUT2D eigenvalue weighted by Crippen LogP contribution is -2.21. The predicted molar refractivity (Wildman–Crippen MR) is 76.6 cm³/mol. The maximum absolute atomic E-state index is 3.74. The zero-order valence-electron chi connectivity index (χ0n) is 12.1. The Morgan fingerprint density at radius 3 is 2.33 bits per heavy atom. The maximum atomic E-state index is 3.74. The van der Waals surface area contributed by atoms with Crippen molar-refractivity contribution in [1.82, 2.24) is 5.32 Å². The van der Waals surface area contributed by atoms with Gasteiger partial charge in [-0.15, -0.1) is 0 Å². The van der Waals surface area contributed by atoms with Crippen molar-refractivity contribution in [3.8, 4) is 0 Å². The van der Waals surface area contributed by atoms with Crippen LogP contribution in [-0.2, 0) is 6.54 Å². The largest absolute Gasteiger partial charge is 0.309 e. The predicted octanol–water partition coefficient (Wildman–Crippen LogP) is 4.09. The van der Waals surface area contributed by atoms with E-state index >= 15 is 0 Å². The Hall–Kier alpha value is -0.820. The first kappa shape index (κ1) is 12.2. The van der Waals surface area contributed by atoms with E-state index in [0.717, 1.165) is 12.5 Å². The zero-order chi connectivity index (χ0) is 13.0. The van der Waals surface area contributed by atoms with Crippen LogP contribution in [0.15, 0.2) is 24.3 Å². The van der Waals surface area contributed by atoms with Gasteiger partial charge in [-0.05, 0) is 40.7 Å². The fraction of sp³-hybridized carbons (Fsp3) is 0.647. The van der Waals surface area contributed by atoms with E-state index in [1.165, 1.54) is 18.4 Å². The van der Waals surface area contributed by atoms with Crippen LogP contribution in [0.5, 0.6) is 0 Å². The van der Waals surface area contributed by atoms with Crippen LogP contribution in [0.3, 0.4) is 0 Å². The molecule has 1 aromatic carbocycles. The summed E-state index contributed by atoms with van der Waals surface area (Å²) < 4.78 is 0. The van der Waals surface area contributed by atoms with Crippen molar-refractivity contribution in [1.29, 1.82) is 0 Å². The van der Waals surface area contributed by atoms with Crippen molar-refractivity contribution < 1.29 is 0 Å². The van der Waals surface area contributed by atoms with Crippen molar-refractivity contribution >= 4 is 0 Å². The summed E-state index contributed by atoms with van der Waals surface area (Å²) in [5, 5.41) is 3.74. The second-order valence-electron chi connectivity index (χ2n) is 7.28. The van der Waals surface area contributed by atoms with Crippen molar-refractivity contribution in [2.24, 2.45) is 10.8 Å². The summed E-state index contributed by atoms with van der Waals surface area (Å²) in [5.74, 6) is 0.860. The molecule has 3 rings (SSSR count). The molecule has 2 aliphatic carbocycles. The second-order valence-corrected chi connectivity index (χ2v) is 7.28. The third-order valence-corrected chi connectivity index (χ3v) is 5.53. The summed E-state index contributed by atoms with van der Waals surface area (Å²) in [5.41, 5.74) is 3.85. The highest BCUT2D eigenvalue weighted by atomic mass is 15.0. The number of nitrogens with one attached hydrogen (secondary N) is 1. The van der Waals surface area contributed by atoms with Gasteiger partial charge < -0.3 is 5.32 Å². The monoisotopic (exact) mass is 243 g/mol. The minimum atomic E-state index is 0.432. The highest BCUT2D eigenvalue weighted by molar-refractivity contribution is 5.29. The molecule has 2 saturated carbocycles. The molecule has 1 nitrogen and oxygen atoms in total. The minimum absolute atomic E-state index is 0.432. The second kappa shape index (κ2) is 3.84. The first-order valence-corrected chi connectivity index (χ1v) is 7.25.